The second-order valence-corrected chi connectivity index (χ2v) is 6.30. The van der Waals surface area contributed by atoms with E-state index in [9.17, 15) is 0 Å². The van der Waals surface area contributed by atoms with Gasteiger partial charge in [0.1, 0.15) is 0 Å². The number of rotatable bonds is 6. The first-order valence-electron chi connectivity index (χ1n) is 7.61. The summed E-state index contributed by atoms with van der Waals surface area (Å²) in [6.07, 6.45) is 8.26. The van der Waals surface area contributed by atoms with E-state index in [-0.39, 0.29) is 0 Å². The zero-order valence-electron chi connectivity index (χ0n) is 12.3. The lowest BCUT2D eigenvalue weighted by molar-refractivity contribution is 0.338. The van der Waals surface area contributed by atoms with Gasteiger partial charge in [-0.05, 0) is 45.6 Å². The van der Waals surface area contributed by atoms with Gasteiger partial charge in [-0.1, -0.05) is 31.4 Å². The summed E-state index contributed by atoms with van der Waals surface area (Å²) in [4.78, 5) is 0. The molecule has 0 radical (unpaired) electrons. The Morgan fingerprint density at radius 1 is 1.42 bits per heavy atom. The van der Waals surface area contributed by atoms with Gasteiger partial charge >= 0.3 is 0 Å². The van der Waals surface area contributed by atoms with Crippen molar-refractivity contribution in [3.63, 3.8) is 0 Å². The molecule has 4 heteroatoms. The van der Waals surface area contributed by atoms with Crippen molar-refractivity contribution in [2.45, 2.75) is 65.0 Å². The van der Waals surface area contributed by atoms with Crippen LogP contribution in [0.1, 0.15) is 70.7 Å². The molecule has 0 saturated heterocycles. The van der Waals surface area contributed by atoms with E-state index in [0.29, 0.717) is 18.0 Å². The van der Waals surface area contributed by atoms with E-state index >= 15 is 0 Å². The second-order valence-electron chi connectivity index (χ2n) is 5.89. The third kappa shape index (κ3) is 3.32. The average Bonchev–Trinajstić information content (AvgIpc) is 3.01. The molecule has 19 heavy (non-hydrogen) atoms. The fourth-order valence-electron chi connectivity index (χ4n) is 3.13. The third-order valence-corrected chi connectivity index (χ3v) is 4.35. The number of hydrogen-bond donors (Lipinski definition) is 1. The van der Waals surface area contributed by atoms with Crippen LogP contribution in [-0.2, 0) is 0 Å². The maximum absolute atomic E-state index is 6.42. The molecule has 1 atom stereocenters. The summed E-state index contributed by atoms with van der Waals surface area (Å²) in [6.45, 7) is 7.58. The molecular weight excluding hydrogens is 258 g/mol. The number of aromatic nitrogens is 2. The Hall–Kier alpha value is -0.540. The van der Waals surface area contributed by atoms with Crippen LogP contribution < -0.4 is 5.32 Å². The lowest BCUT2D eigenvalue weighted by Crippen LogP contribution is -2.30. The molecule has 1 aromatic rings. The normalized spacial score (nSPS) is 18.4. The molecule has 1 N–H and O–H groups in total. The summed E-state index contributed by atoms with van der Waals surface area (Å²) >= 11 is 6.42. The van der Waals surface area contributed by atoms with E-state index in [2.05, 4.69) is 35.9 Å². The highest BCUT2D eigenvalue weighted by atomic mass is 35.5. The Morgan fingerprint density at radius 2 is 2.11 bits per heavy atom. The molecule has 1 aliphatic carbocycles. The Morgan fingerprint density at radius 3 is 2.68 bits per heavy atom. The largest absolute Gasteiger partial charge is 0.308 e. The predicted molar refractivity (Wildman–Crippen MR) is 80.6 cm³/mol. The zero-order chi connectivity index (χ0) is 13.8. The SMILES string of the molecule is CCCNC(c1c(Cl)cnn1C(C)C)C1CCCC1. The van der Waals surface area contributed by atoms with Gasteiger partial charge in [-0.15, -0.1) is 0 Å². The average molecular weight is 284 g/mol. The van der Waals surface area contributed by atoms with Crippen LogP contribution in [0.4, 0.5) is 0 Å². The summed E-state index contributed by atoms with van der Waals surface area (Å²) in [7, 11) is 0. The molecule has 1 unspecified atom stereocenters. The van der Waals surface area contributed by atoms with Gasteiger partial charge in [-0.2, -0.15) is 5.10 Å². The first-order valence-corrected chi connectivity index (χ1v) is 7.99. The maximum Gasteiger partial charge on any atom is 0.0834 e. The molecule has 0 amide bonds. The van der Waals surface area contributed by atoms with Crippen molar-refractivity contribution in [3.05, 3.63) is 16.9 Å². The molecule has 3 nitrogen and oxygen atoms in total. The molecule has 1 saturated carbocycles. The quantitative estimate of drug-likeness (QED) is 0.841. The van der Waals surface area contributed by atoms with Gasteiger partial charge in [-0.3, -0.25) is 4.68 Å². The molecule has 0 bridgehead atoms. The van der Waals surface area contributed by atoms with E-state index in [1.807, 2.05) is 0 Å². The summed E-state index contributed by atoms with van der Waals surface area (Å²) < 4.78 is 2.09. The van der Waals surface area contributed by atoms with Gasteiger partial charge in [0, 0.05) is 6.04 Å². The van der Waals surface area contributed by atoms with Crippen LogP contribution in [0.25, 0.3) is 0 Å². The molecule has 0 spiro atoms. The number of halogens is 1. The standard InChI is InChI=1S/C15H26ClN3/c1-4-9-17-14(12-7-5-6-8-12)15-13(16)10-18-19(15)11(2)3/h10-12,14,17H,4-9H2,1-3H3. The van der Waals surface area contributed by atoms with Crippen LogP contribution >= 0.6 is 11.6 Å². The highest BCUT2D eigenvalue weighted by Crippen LogP contribution is 2.38. The first-order chi connectivity index (χ1) is 9.15. The monoisotopic (exact) mass is 283 g/mol. The first kappa shape index (κ1) is 14.9. The van der Waals surface area contributed by atoms with Crippen molar-refractivity contribution in [2.24, 2.45) is 5.92 Å². The Labute approximate surface area is 121 Å². The topological polar surface area (TPSA) is 29.9 Å². The van der Waals surface area contributed by atoms with Gasteiger partial charge in [0.05, 0.1) is 23.0 Å². The van der Waals surface area contributed by atoms with Crippen molar-refractivity contribution in [1.29, 1.82) is 0 Å². The predicted octanol–water partition coefficient (Wildman–Crippen LogP) is 4.35. The molecular formula is C15H26ClN3. The van der Waals surface area contributed by atoms with Gasteiger partial charge < -0.3 is 5.32 Å². The Balaban J connectivity index is 2.28. The highest BCUT2D eigenvalue weighted by Gasteiger charge is 2.30. The molecule has 0 aromatic carbocycles. The van der Waals surface area contributed by atoms with Gasteiger partial charge in [0.2, 0.25) is 0 Å². The summed E-state index contributed by atoms with van der Waals surface area (Å²) in [5, 5.41) is 8.98. The summed E-state index contributed by atoms with van der Waals surface area (Å²) in [5.41, 5.74) is 1.19. The van der Waals surface area contributed by atoms with E-state index in [1.165, 1.54) is 31.4 Å². The van der Waals surface area contributed by atoms with Gasteiger partial charge in [-0.25, -0.2) is 0 Å². The number of nitrogens with zero attached hydrogens (tertiary/aromatic N) is 2. The number of hydrogen-bond acceptors (Lipinski definition) is 2. The molecule has 108 valence electrons. The van der Waals surface area contributed by atoms with Crippen molar-refractivity contribution < 1.29 is 0 Å². The fraction of sp³-hybridized carbons (Fsp3) is 0.800. The Kier molecular flexibility index (Phi) is 5.28. The van der Waals surface area contributed by atoms with Gasteiger partial charge in [0.15, 0.2) is 0 Å². The second kappa shape index (κ2) is 6.76. The van der Waals surface area contributed by atoms with Crippen LogP contribution in [0.2, 0.25) is 5.02 Å². The fourth-order valence-corrected chi connectivity index (χ4v) is 3.38. The van der Waals surface area contributed by atoms with Crippen molar-refractivity contribution >= 4 is 11.6 Å². The van der Waals surface area contributed by atoms with Crippen molar-refractivity contribution in [1.82, 2.24) is 15.1 Å². The summed E-state index contributed by atoms with van der Waals surface area (Å²) in [6, 6.07) is 0.717. The van der Waals surface area contributed by atoms with E-state index < -0.39 is 0 Å². The Bertz CT molecular complexity index is 394. The van der Waals surface area contributed by atoms with Crippen LogP contribution in [0.3, 0.4) is 0 Å². The molecule has 1 aliphatic rings. The molecule has 2 rings (SSSR count). The number of nitrogens with one attached hydrogen (secondary N) is 1. The van der Waals surface area contributed by atoms with Crippen molar-refractivity contribution in [2.75, 3.05) is 6.54 Å². The highest BCUT2D eigenvalue weighted by molar-refractivity contribution is 6.31. The van der Waals surface area contributed by atoms with Crippen LogP contribution in [-0.4, -0.2) is 16.3 Å². The molecule has 0 aliphatic heterocycles. The van der Waals surface area contributed by atoms with Crippen LogP contribution in [0.5, 0.6) is 0 Å². The molecule has 1 heterocycles. The lowest BCUT2D eigenvalue weighted by atomic mass is 9.94. The van der Waals surface area contributed by atoms with Crippen LogP contribution in [0.15, 0.2) is 6.20 Å². The van der Waals surface area contributed by atoms with E-state index in [4.69, 9.17) is 11.6 Å². The third-order valence-electron chi connectivity index (χ3n) is 4.06. The smallest absolute Gasteiger partial charge is 0.0834 e. The van der Waals surface area contributed by atoms with Crippen molar-refractivity contribution in [3.8, 4) is 0 Å². The van der Waals surface area contributed by atoms with E-state index in [1.54, 1.807) is 6.20 Å². The van der Waals surface area contributed by atoms with E-state index in [0.717, 1.165) is 18.0 Å². The van der Waals surface area contributed by atoms with Crippen LogP contribution in [0, 0.1) is 5.92 Å². The lowest BCUT2D eigenvalue weighted by Gasteiger charge is -2.27. The zero-order valence-corrected chi connectivity index (χ0v) is 13.1. The summed E-state index contributed by atoms with van der Waals surface area (Å²) in [5.74, 6) is 0.707. The minimum Gasteiger partial charge on any atom is -0.308 e. The molecule has 1 fully saturated rings. The molecule has 1 aromatic heterocycles. The minimum atomic E-state index is 0.356. The van der Waals surface area contributed by atoms with Gasteiger partial charge in [0.25, 0.3) is 0 Å². The minimum absolute atomic E-state index is 0.356. The maximum atomic E-state index is 6.42.